The number of hydrogen-bond acceptors (Lipinski definition) is 3. The van der Waals surface area contributed by atoms with Crippen LogP contribution in [0, 0.1) is 5.82 Å². The van der Waals surface area contributed by atoms with E-state index in [1.54, 1.807) is 30.3 Å². The lowest BCUT2D eigenvalue weighted by molar-refractivity contribution is 0.628. The molecule has 0 amide bonds. The van der Waals surface area contributed by atoms with E-state index < -0.39 is 0 Å². The van der Waals surface area contributed by atoms with Gasteiger partial charge in [-0.3, -0.25) is 0 Å². The average molecular weight is 413 g/mol. The molecule has 7 heteroatoms. The molecule has 1 N–H and O–H groups in total. The number of hydrogen-bond donors (Lipinski definition) is 1. The topological polar surface area (TPSA) is 37.8 Å². The second-order valence-electron chi connectivity index (χ2n) is 4.66. The van der Waals surface area contributed by atoms with Crippen LogP contribution >= 0.6 is 39.1 Å². The highest BCUT2D eigenvalue weighted by molar-refractivity contribution is 9.10. The summed E-state index contributed by atoms with van der Waals surface area (Å²) in [5.74, 6) is 0.470. The third-order valence-corrected chi connectivity index (χ3v) is 4.06. The van der Waals surface area contributed by atoms with Crippen LogP contribution in [0.1, 0.15) is 0 Å². The molecule has 3 aromatic rings. The molecule has 0 aliphatic carbocycles. The monoisotopic (exact) mass is 411 g/mol. The summed E-state index contributed by atoms with van der Waals surface area (Å²) in [5.41, 5.74) is 1.32. The number of nitrogens with zero attached hydrogens (tertiary/aromatic N) is 2. The highest BCUT2D eigenvalue weighted by Gasteiger charge is 2.09. The van der Waals surface area contributed by atoms with E-state index in [-0.39, 0.29) is 11.0 Å². The zero-order chi connectivity index (χ0) is 16.4. The molecule has 0 saturated heterocycles. The molecule has 0 aliphatic rings. The first-order valence-corrected chi connectivity index (χ1v) is 8.09. The highest BCUT2D eigenvalue weighted by atomic mass is 79.9. The Kier molecular flexibility index (Phi) is 4.80. The molecule has 1 aromatic heterocycles. The Morgan fingerprint density at radius 1 is 1.00 bits per heavy atom. The number of benzene rings is 2. The summed E-state index contributed by atoms with van der Waals surface area (Å²) in [7, 11) is 0. The zero-order valence-electron chi connectivity index (χ0n) is 11.5. The Bertz CT molecular complexity index is 874. The molecule has 3 nitrogen and oxygen atoms in total. The third-order valence-electron chi connectivity index (χ3n) is 2.97. The maximum atomic E-state index is 13.4. The van der Waals surface area contributed by atoms with Crippen LogP contribution in [0.25, 0.3) is 11.4 Å². The normalized spacial score (nSPS) is 10.6. The van der Waals surface area contributed by atoms with Crippen LogP contribution in [0.15, 0.2) is 53.0 Å². The SMILES string of the molecule is Fc1cccc(-c2nc(Cl)cc(Nc3ccc(Cl)cc3Br)n2)c1. The summed E-state index contributed by atoms with van der Waals surface area (Å²) in [4.78, 5) is 8.51. The van der Waals surface area contributed by atoms with Crippen molar-refractivity contribution in [1.29, 1.82) is 0 Å². The van der Waals surface area contributed by atoms with Gasteiger partial charge in [0.15, 0.2) is 5.82 Å². The van der Waals surface area contributed by atoms with E-state index in [2.05, 4.69) is 31.2 Å². The van der Waals surface area contributed by atoms with Crippen molar-refractivity contribution in [3.8, 4) is 11.4 Å². The predicted molar refractivity (Wildman–Crippen MR) is 94.9 cm³/mol. The summed E-state index contributed by atoms with van der Waals surface area (Å²) in [5, 5.41) is 4.00. The maximum absolute atomic E-state index is 13.4. The van der Waals surface area contributed by atoms with Crippen LogP contribution in [-0.2, 0) is 0 Å². The van der Waals surface area contributed by atoms with Crippen molar-refractivity contribution in [2.24, 2.45) is 0 Å². The van der Waals surface area contributed by atoms with Crippen molar-refractivity contribution in [3.63, 3.8) is 0 Å². The largest absolute Gasteiger partial charge is 0.339 e. The van der Waals surface area contributed by atoms with Crippen LogP contribution in [0.3, 0.4) is 0 Å². The number of rotatable bonds is 3. The van der Waals surface area contributed by atoms with Crippen molar-refractivity contribution in [2.75, 3.05) is 5.32 Å². The number of anilines is 2. The predicted octanol–water partition coefficient (Wildman–Crippen LogP) is 6.10. The molecular weight excluding hydrogens is 404 g/mol. The molecule has 3 rings (SSSR count). The molecule has 0 saturated carbocycles. The van der Waals surface area contributed by atoms with Crippen LogP contribution < -0.4 is 5.32 Å². The van der Waals surface area contributed by atoms with Gasteiger partial charge in [-0.25, -0.2) is 14.4 Å². The average Bonchev–Trinajstić information content (AvgIpc) is 2.50. The van der Waals surface area contributed by atoms with E-state index in [9.17, 15) is 4.39 Å². The molecule has 2 aromatic carbocycles. The van der Waals surface area contributed by atoms with Crippen molar-refractivity contribution in [1.82, 2.24) is 9.97 Å². The van der Waals surface area contributed by atoms with Crippen LogP contribution in [0.4, 0.5) is 15.9 Å². The van der Waals surface area contributed by atoms with Gasteiger partial charge in [0, 0.05) is 21.1 Å². The minimum atomic E-state index is -0.360. The molecule has 0 radical (unpaired) electrons. The smallest absolute Gasteiger partial charge is 0.163 e. The summed E-state index contributed by atoms with van der Waals surface area (Å²) < 4.78 is 14.2. The molecule has 0 bridgehead atoms. The van der Waals surface area contributed by atoms with Crippen LogP contribution in [0.5, 0.6) is 0 Å². The minimum absolute atomic E-state index is 0.256. The van der Waals surface area contributed by atoms with Crippen molar-refractivity contribution >= 4 is 50.6 Å². The minimum Gasteiger partial charge on any atom is -0.339 e. The first kappa shape index (κ1) is 16.2. The van der Waals surface area contributed by atoms with Crippen molar-refractivity contribution in [3.05, 3.63) is 69.0 Å². The van der Waals surface area contributed by atoms with Crippen molar-refractivity contribution < 1.29 is 4.39 Å². The summed E-state index contributed by atoms with van der Waals surface area (Å²) in [6, 6.07) is 12.9. The zero-order valence-corrected chi connectivity index (χ0v) is 14.6. The van der Waals surface area contributed by atoms with Gasteiger partial charge in [0.25, 0.3) is 0 Å². The molecule has 23 heavy (non-hydrogen) atoms. The lowest BCUT2D eigenvalue weighted by atomic mass is 10.2. The molecule has 1 heterocycles. The van der Waals surface area contributed by atoms with Gasteiger partial charge >= 0.3 is 0 Å². The van der Waals surface area contributed by atoms with Gasteiger partial charge in [0.1, 0.15) is 16.8 Å². The lowest BCUT2D eigenvalue weighted by Crippen LogP contribution is -1.98. The molecule has 0 spiro atoms. The number of nitrogens with one attached hydrogen (secondary N) is 1. The fourth-order valence-electron chi connectivity index (χ4n) is 1.97. The fourth-order valence-corrected chi connectivity index (χ4v) is 2.93. The Hall–Kier alpha value is -1.69. The van der Waals surface area contributed by atoms with E-state index >= 15 is 0 Å². The Morgan fingerprint density at radius 2 is 1.83 bits per heavy atom. The quantitative estimate of drug-likeness (QED) is 0.528. The van der Waals surface area contributed by atoms with Gasteiger partial charge in [-0.1, -0.05) is 35.3 Å². The van der Waals surface area contributed by atoms with E-state index in [4.69, 9.17) is 23.2 Å². The van der Waals surface area contributed by atoms with Gasteiger partial charge in [-0.2, -0.15) is 0 Å². The lowest BCUT2D eigenvalue weighted by Gasteiger charge is -2.10. The standard InChI is InChI=1S/C16H9BrCl2FN3/c17-12-7-10(18)4-5-13(12)21-15-8-14(19)22-16(23-15)9-2-1-3-11(20)6-9/h1-8H,(H,21,22,23). The van der Waals surface area contributed by atoms with E-state index in [1.807, 2.05) is 6.07 Å². The number of halogens is 4. The van der Waals surface area contributed by atoms with Gasteiger partial charge < -0.3 is 5.32 Å². The molecule has 0 atom stereocenters. The van der Waals surface area contributed by atoms with Gasteiger partial charge in [-0.05, 0) is 46.3 Å². The summed E-state index contributed by atoms with van der Waals surface area (Å²) in [6.45, 7) is 0. The second-order valence-corrected chi connectivity index (χ2v) is 6.34. The Morgan fingerprint density at radius 3 is 2.57 bits per heavy atom. The van der Waals surface area contributed by atoms with E-state index in [0.717, 1.165) is 10.2 Å². The van der Waals surface area contributed by atoms with Crippen molar-refractivity contribution in [2.45, 2.75) is 0 Å². The molecule has 0 fully saturated rings. The highest BCUT2D eigenvalue weighted by Crippen LogP contribution is 2.29. The molecular formula is C16H9BrCl2FN3. The fraction of sp³-hybridized carbons (Fsp3) is 0. The van der Waals surface area contributed by atoms with Gasteiger partial charge in [-0.15, -0.1) is 0 Å². The van der Waals surface area contributed by atoms with Crippen LogP contribution in [-0.4, -0.2) is 9.97 Å². The molecule has 0 aliphatic heterocycles. The van der Waals surface area contributed by atoms with Gasteiger partial charge in [0.05, 0.1) is 5.69 Å². The van der Waals surface area contributed by atoms with E-state index in [1.165, 1.54) is 12.1 Å². The summed E-state index contributed by atoms with van der Waals surface area (Å²) >= 11 is 15.4. The first-order valence-electron chi connectivity index (χ1n) is 6.54. The van der Waals surface area contributed by atoms with Gasteiger partial charge in [0.2, 0.25) is 0 Å². The molecule has 0 unspecified atom stereocenters. The molecule has 116 valence electrons. The summed E-state index contributed by atoms with van der Waals surface area (Å²) in [6.07, 6.45) is 0. The first-order chi connectivity index (χ1) is 11.0. The number of aromatic nitrogens is 2. The third kappa shape index (κ3) is 3.99. The maximum Gasteiger partial charge on any atom is 0.163 e. The Labute approximate surface area is 150 Å². The second kappa shape index (κ2) is 6.83. The van der Waals surface area contributed by atoms with Crippen LogP contribution in [0.2, 0.25) is 10.2 Å². The van der Waals surface area contributed by atoms with E-state index in [0.29, 0.717) is 22.2 Å². The Balaban J connectivity index is 1.97.